The van der Waals surface area contributed by atoms with E-state index in [2.05, 4.69) is 20.4 Å². The van der Waals surface area contributed by atoms with Crippen molar-refractivity contribution in [3.63, 3.8) is 0 Å². The summed E-state index contributed by atoms with van der Waals surface area (Å²) >= 11 is 0. The quantitative estimate of drug-likeness (QED) is 0.435. The Bertz CT molecular complexity index is 1010. The van der Waals surface area contributed by atoms with E-state index in [9.17, 15) is 9.59 Å². The summed E-state index contributed by atoms with van der Waals surface area (Å²) < 4.78 is 0. The molecule has 1 saturated carbocycles. The number of amides is 2. The van der Waals surface area contributed by atoms with Crippen LogP contribution in [0.3, 0.4) is 0 Å². The molecular formula is C27H39N7O2. The second-order valence-corrected chi connectivity index (χ2v) is 9.99. The average molecular weight is 494 g/mol. The van der Waals surface area contributed by atoms with Crippen LogP contribution in [0.2, 0.25) is 0 Å². The molecule has 0 spiro atoms. The first-order valence-corrected chi connectivity index (χ1v) is 13.2. The van der Waals surface area contributed by atoms with Crippen molar-refractivity contribution in [2.75, 3.05) is 51.1 Å². The van der Waals surface area contributed by atoms with Crippen LogP contribution in [-0.4, -0.2) is 77.4 Å². The SMILES string of the molecule is CC(=O)NCCNc1cc(C2CN(CC3CCCCC3)CCN2CC(N)=O)nc(-c2ccccc2)n1. The molecule has 2 amide bonds. The minimum Gasteiger partial charge on any atom is -0.369 e. The van der Waals surface area contributed by atoms with Gasteiger partial charge in [-0.2, -0.15) is 0 Å². The predicted molar refractivity (Wildman–Crippen MR) is 141 cm³/mol. The van der Waals surface area contributed by atoms with Crippen LogP contribution in [0, 0.1) is 5.92 Å². The van der Waals surface area contributed by atoms with Gasteiger partial charge in [-0.15, -0.1) is 0 Å². The van der Waals surface area contributed by atoms with Gasteiger partial charge in [0, 0.05) is 57.8 Å². The maximum atomic E-state index is 11.9. The van der Waals surface area contributed by atoms with Gasteiger partial charge < -0.3 is 16.4 Å². The molecule has 36 heavy (non-hydrogen) atoms. The molecule has 0 radical (unpaired) electrons. The summed E-state index contributed by atoms with van der Waals surface area (Å²) in [4.78, 5) is 37.6. The smallest absolute Gasteiger partial charge is 0.231 e. The highest BCUT2D eigenvalue weighted by Gasteiger charge is 2.32. The number of carbonyl (C=O) groups is 2. The van der Waals surface area contributed by atoms with Crippen LogP contribution in [0.15, 0.2) is 36.4 Å². The summed E-state index contributed by atoms with van der Waals surface area (Å²) in [6.45, 7) is 6.37. The number of hydrogen-bond acceptors (Lipinski definition) is 7. The molecule has 2 heterocycles. The van der Waals surface area contributed by atoms with E-state index >= 15 is 0 Å². The highest BCUT2D eigenvalue weighted by Crippen LogP contribution is 2.30. The standard InChI is InChI=1S/C27H39N7O2/c1-20(35)29-12-13-30-26-16-23(31-27(32-26)22-10-6-3-7-11-22)24-18-33(14-15-34(24)19-25(28)36)17-21-8-4-2-5-9-21/h3,6-7,10-11,16,21,24H,2,4-5,8-9,12-15,17-19H2,1H3,(H2,28,36)(H,29,35)(H,30,31,32). The van der Waals surface area contributed by atoms with Crippen LogP contribution in [0.5, 0.6) is 0 Å². The molecule has 4 N–H and O–H groups in total. The zero-order valence-electron chi connectivity index (χ0n) is 21.3. The molecule has 9 heteroatoms. The van der Waals surface area contributed by atoms with Gasteiger partial charge in [0.15, 0.2) is 5.82 Å². The number of benzene rings is 1. The fourth-order valence-electron chi connectivity index (χ4n) is 5.32. The Morgan fingerprint density at radius 2 is 1.83 bits per heavy atom. The number of primary amides is 1. The molecule has 1 aromatic carbocycles. The van der Waals surface area contributed by atoms with E-state index in [1.54, 1.807) is 0 Å². The van der Waals surface area contributed by atoms with Gasteiger partial charge in [0.25, 0.3) is 0 Å². The van der Waals surface area contributed by atoms with Gasteiger partial charge in [0.1, 0.15) is 5.82 Å². The number of rotatable bonds is 10. The third-order valence-electron chi connectivity index (χ3n) is 7.10. The molecular weight excluding hydrogens is 454 g/mol. The topological polar surface area (TPSA) is 116 Å². The third kappa shape index (κ3) is 7.48. The first-order valence-electron chi connectivity index (χ1n) is 13.2. The molecule has 1 aromatic heterocycles. The van der Waals surface area contributed by atoms with Crippen molar-refractivity contribution >= 4 is 17.6 Å². The zero-order chi connectivity index (χ0) is 25.3. The molecule has 1 saturated heterocycles. The molecule has 9 nitrogen and oxygen atoms in total. The molecule has 1 aliphatic heterocycles. The summed E-state index contributed by atoms with van der Waals surface area (Å²) in [5, 5.41) is 6.13. The van der Waals surface area contributed by atoms with Crippen LogP contribution in [-0.2, 0) is 9.59 Å². The maximum absolute atomic E-state index is 11.9. The lowest BCUT2D eigenvalue weighted by Gasteiger charge is -2.42. The van der Waals surface area contributed by atoms with Gasteiger partial charge >= 0.3 is 0 Å². The Morgan fingerprint density at radius 3 is 2.56 bits per heavy atom. The van der Waals surface area contributed by atoms with Crippen molar-refractivity contribution in [1.29, 1.82) is 0 Å². The number of hydrogen-bond donors (Lipinski definition) is 3. The van der Waals surface area contributed by atoms with Crippen LogP contribution in [0.4, 0.5) is 5.82 Å². The van der Waals surface area contributed by atoms with E-state index in [1.165, 1.54) is 39.0 Å². The highest BCUT2D eigenvalue weighted by molar-refractivity contribution is 5.76. The molecule has 0 bridgehead atoms. The van der Waals surface area contributed by atoms with Gasteiger partial charge in [-0.25, -0.2) is 9.97 Å². The summed E-state index contributed by atoms with van der Waals surface area (Å²) in [6, 6.07) is 11.8. The van der Waals surface area contributed by atoms with Crippen molar-refractivity contribution in [3.8, 4) is 11.4 Å². The number of aromatic nitrogens is 2. The van der Waals surface area contributed by atoms with Gasteiger partial charge in [0.2, 0.25) is 11.8 Å². The molecule has 1 aliphatic carbocycles. The first-order chi connectivity index (χ1) is 17.5. The first kappa shape index (κ1) is 26.0. The van der Waals surface area contributed by atoms with E-state index in [1.807, 2.05) is 36.4 Å². The van der Waals surface area contributed by atoms with Gasteiger partial charge in [-0.05, 0) is 18.8 Å². The number of piperazine rings is 1. The molecule has 2 aliphatic rings. The largest absolute Gasteiger partial charge is 0.369 e. The molecule has 194 valence electrons. The van der Waals surface area contributed by atoms with Gasteiger partial charge in [-0.3, -0.25) is 19.4 Å². The second-order valence-electron chi connectivity index (χ2n) is 9.99. The lowest BCUT2D eigenvalue weighted by Crippen LogP contribution is -2.51. The minimum absolute atomic E-state index is 0.0591. The van der Waals surface area contributed by atoms with Crippen LogP contribution in [0.1, 0.15) is 50.8 Å². The Morgan fingerprint density at radius 1 is 1.06 bits per heavy atom. The van der Waals surface area contributed by atoms with Crippen molar-refractivity contribution in [1.82, 2.24) is 25.1 Å². The lowest BCUT2D eigenvalue weighted by molar-refractivity contribution is -0.120. The van der Waals surface area contributed by atoms with Crippen molar-refractivity contribution in [2.24, 2.45) is 11.7 Å². The van der Waals surface area contributed by atoms with Crippen LogP contribution in [0.25, 0.3) is 11.4 Å². The fraction of sp³-hybridized carbons (Fsp3) is 0.556. The molecule has 1 unspecified atom stereocenters. The van der Waals surface area contributed by atoms with E-state index in [-0.39, 0.29) is 24.4 Å². The second kappa shape index (κ2) is 12.8. The van der Waals surface area contributed by atoms with Crippen LogP contribution < -0.4 is 16.4 Å². The number of nitrogens with two attached hydrogens (primary N) is 1. The molecule has 4 rings (SSSR count). The predicted octanol–water partition coefficient (Wildman–Crippen LogP) is 2.42. The fourth-order valence-corrected chi connectivity index (χ4v) is 5.32. The number of nitrogens with one attached hydrogen (secondary N) is 2. The summed E-state index contributed by atoms with van der Waals surface area (Å²) in [6.07, 6.45) is 6.62. The monoisotopic (exact) mass is 493 g/mol. The molecule has 1 atom stereocenters. The van der Waals surface area contributed by atoms with Crippen molar-refractivity contribution in [2.45, 2.75) is 45.1 Å². The third-order valence-corrected chi connectivity index (χ3v) is 7.10. The van der Waals surface area contributed by atoms with E-state index in [0.29, 0.717) is 24.7 Å². The number of carbonyl (C=O) groups excluding carboxylic acids is 2. The minimum atomic E-state index is -0.327. The molecule has 2 aromatic rings. The summed E-state index contributed by atoms with van der Waals surface area (Å²) in [5.74, 6) is 1.70. The lowest BCUT2D eigenvalue weighted by atomic mass is 9.88. The van der Waals surface area contributed by atoms with Gasteiger partial charge in [0.05, 0.1) is 18.3 Å². The zero-order valence-corrected chi connectivity index (χ0v) is 21.3. The highest BCUT2D eigenvalue weighted by atomic mass is 16.1. The Kier molecular flexibility index (Phi) is 9.24. The van der Waals surface area contributed by atoms with Crippen molar-refractivity contribution < 1.29 is 9.59 Å². The molecule has 2 fully saturated rings. The Balaban J connectivity index is 1.59. The normalized spacial score (nSPS) is 19.6. The number of anilines is 1. The average Bonchev–Trinajstić information content (AvgIpc) is 2.88. The Labute approximate surface area is 213 Å². The maximum Gasteiger partial charge on any atom is 0.231 e. The van der Waals surface area contributed by atoms with E-state index < -0.39 is 0 Å². The van der Waals surface area contributed by atoms with Crippen LogP contribution >= 0.6 is 0 Å². The summed E-state index contributed by atoms with van der Waals surface area (Å²) in [5.41, 5.74) is 7.44. The summed E-state index contributed by atoms with van der Waals surface area (Å²) in [7, 11) is 0. The van der Waals surface area contributed by atoms with E-state index in [0.717, 1.165) is 43.4 Å². The number of nitrogens with zero attached hydrogens (tertiary/aromatic N) is 4. The van der Waals surface area contributed by atoms with Gasteiger partial charge in [-0.1, -0.05) is 49.6 Å². The Hall–Kier alpha value is -3.04. The van der Waals surface area contributed by atoms with Crippen molar-refractivity contribution in [3.05, 3.63) is 42.1 Å². The van der Waals surface area contributed by atoms with E-state index in [4.69, 9.17) is 15.7 Å².